The second-order valence-corrected chi connectivity index (χ2v) is 7.17. The molecule has 26 heavy (non-hydrogen) atoms. The van der Waals surface area contributed by atoms with Crippen molar-refractivity contribution in [2.45, 2.75) is 39.7 Å². The zero-order valence-corrected chi connectivity index (χ0v) is 16.5. The number of aliphatic hydroxyl groups excluding tert-OH is 2. The quantitative estimate of drug-likeness (QED) is 0.285. The highest BCUT2D eigenvalue weighted by atomic mass is 32.2. The SMILES string of the molecule is CCC(C)C(=O)OCC(O)COC(=O)CCSCC(C)C(=O)NCCO. The van der Waals surface area contributed by atoms with E-state index in [0.29, 0.717) is 17.9 Å². The van der Waals surface area contributed by atoms with Crippen molar-refractivity contribution in [2.24, 2.45) is 11.8 Å². The second kappa shape index (κ2) is 14.8. The molecule has 3 atom stereocenters. The second-order valence-electron chi connectivity index (χ2n) is 6.02. The third kappa shape index (κ3) is 12.1. The van der Waals surface area contributed by atoms with Gasteiger partial charge in [-0.2, -0.15) is 11.8 Å². The van der Waals surface area contributed by atoms with Crippen molar-refractivity contribution in [3.05, 3.63) is 0 Å². The molecule has 0 aromatic carbocycles. The van der Waals surface area contributed by atoms with Gasteiger partial charge in [0.25, 0.3) is 0 Å². The Morgan fingerprint density at radius 1 is 1.12 bits per heavy atom. The van der Waals surface area contributed by atoms with Crippen LogP contribution in [0.25, 0.3) is 0 Å². The predicted molar refractivity (Wildman–Crippen MR) is 98.6 cm³/mol. The Balaban J connectivity index is 3.76. The normalized spacial score (nSPS) is 14.2. The molecule has 0 bridgehead atoms. The van der Waals surface area contributed by atoms with Gasteiger partial charge in [0, 0.05) is 24.0 Å². The van der Waals surface area contributed by atoms with E-state index in [1.54, 1.807) is 13.8 Å². The van der Waals surface area contributed by atoms with E-state index in [0.717, 1.165) is 0 Å². The van der Waals surface area contributed by atoms with Gasteiger partial charge in [-0.05, 0) is 6.42 Å². The first kappa shape index (κ1) is 24.7. The lowest BCUT2D eigenvalue weighted by atomic mass is 10.1. The highest BCUT2D eigenvalue weighted by Gasteiger charge is 2.16. The van der Waals surface area contributed by atoms with Crippen molar-refractivity contribution >= 4 is 29.6 Å². The van der Waals surface area contributed by atoms with Gasteiger partial charge in [-0.15, -0.1) is 0 Å². The summed E-state index contributed by atoms with van der Waals surface area (Å²) in [4.78, 5) is 34.7. The molecule has 0 aromatic rings. The maximum atomic E-state index is 11.6. The number of thioether (sulfide) groups is 1. The van der Waals surface area contributed by atoms with Crippen molar-refractivity contribution in [1.82, 2.24) is 5.32 Å². The summed E-state index contributed by atoms with van der Waals surface area (Å²) in [6.45, 7) is 5.08. The van der Waals surface area contributed by atoms with E-state index in [1.165, 1.54) is 11.8 Å². The number of ether oxygens (including phenoxy) is 2. The molecule has 0 radical (unpaired) electrons. The zero-order chi connectivity index (χ0) is 19.9. The average molecular weight is 394 g/mol. The van der Waals surface area contributed by atoms with Crippen LogP contribution in [0.3, 0.4) is 0 Å². The summed E-state index contributed by atoms with van der Waals surface area (Å²) in [7, 11) is 0. The van der Waals surface area contributed by atoms with Crippen molar-refractivity contribution in [3.8, 4) is 0 Å². The van der Waals surface area contributed by atoms with E-state index < -0.39 is 12.1 Å². The van der Waals surface area contributed by atoms with Gasteiger partial charge in [0.05, 0.1) is 18.9 Å². The van der Waals surface area contributed by atoms with Crippen LogP contribution in [0.4, 0.5) is 0 Å². The first-order valence-electron chi connectivity index (χ1n) is 8.78. The average Bonchev–Trinajstić information content (AvgIpc) is 2.64. The van der Waals surface area contributed by atoms with Crippen LogP contribution in [-0.2, 0) is 23.9 Å². The number of hydrogen-bond acceptors (Lipinski definition) is 8. The number of hydrogen-bond donors (Lipinski definition) is 3. The Labute approximate surface area is 159 Å². The Morgan fingerprint density at radius 3 is 2.38 bits per heavy atom. The van der Waals surface area contributed by atoms with E-state index in [2.05, 4.69) is 5.32 Å². The van der Waals surface area contributed by atoms with Gasteiger partial charge in [0.1, 0.15) is 19.3 Å². The maximum Gasteiger partial charge on any atom is 0.308 e. The molecule has 3 N–H and O–H groups in total. The van der Waals surface area contributed by atoms with Gasteiger partial charge in [0.15, 0.2) is 0 Å². The minimum atomic E-state index is -1.05. The van der Waals surface area contributed by atoms with E-state index >= 15 is 0 Å². The van der Waals surface area contributed by atoms with Crippen molar-refractivity contribution in [2.75, 3.05) is 37.9 Å². The number of carbonyl (C=O) groups excluding carboxylic acids is 3. The molecule has 1 amide bonds. The van der Waals surface area contributed by atoms with Gasteiger partial charge in [-0.1, -0.05) is 20.8 Å². The Kier molecular flexibility index (Phi) is 14.1. The fraction of sp³-hybridized carbons (Fsp3) is 0.824. The molecule has 0 aliphatic heterocycles. The molecule has 3 unspecified atom stereocenters. The van der Waals surface area contributed by atoms with Gasteiger partial charge in [0.2, 0.25) is 5.91 Å². The molecule has 9 heteroatoms. The highest BCUT2D eigenvalue weighted by Crippen LogP contribution is 2.10. The first-order valence-corrected chi connectivity index (χ1v) is 9.93. The third-order valence-corrected chi connectivity index (χ3v) is 4.77. The predicted octanol–water partition coefficient (Wildman–Crippen LogP) is 0.348. The zero-order valence-electron chi connectivity index (χ0n) is 15.7. The molecular weight excluding hydrogens is 362 g/mol. The molecule has 0 saturated heterocycles. The molecule has 0 aliphatic carbocycles. The Bertz CT molecular complexity index is 433. The molecule has 0 fully saturated rings. The standard InChI is InChI=1S/C17H31NO7S/c1-4-12(2)17(23)25-10-14(20)9-24-15(21)5-8-26-11-13(3)16(22)18-6-7-19/h12-14,19-20H,4-11H2,1-3H3,(H,18,22). The van der Waals surface area contributed by atoms with Crippen LogP contribution >= 0.6 is 11.8 Å². The van der Waals surface area contributed by atoms with Crippen LogP contribution in [-0.4, -0.2) is 72.0 Å². The van der Waals surface area contributed by atoms with Crippen LogP contribution in [0.5, 0.6) is 0 Å². The highest BCUT2D eigenvalue weighted by molar-refractivity contribution is 7.99. The lowest BCUT2D eigenvalue weighted by Crippen LogP contribution is -2.32. The monoisotopic (exact) mass is 393 g/mol. The van der Waals surface area contributed by atoms with E-state index in [9.17, 15) is 19.5 Å². The number of amides is 1. The fourth-order valence-corrected chi connectivity index (χ4v) is 2.62. The molecule has 0 heterocycles. The van der Waals surface area contributed by atoms with Gasteiger partial charge in [-0.25, -0.2) is 0 Å². The van der Waals surface area contributed by atoms with Crippen molar-refractivity contribution in [1.29, 1.82) is 0 Å². The molecule has 0 aromatic heterocycles. The van der Waals surface area contributed by atoms with Crippen LogP contribution < -0.4 is 5.32 Å². The minimum Gasteiger partial charge on any atom is -0.463 e. The smallest absolute Gasteiger partial charge is 0.308 e. The first-order chi connectivity index (χ1) is 12.3. The van der Waals surface area contributed by atoms with Crippen LogP contribution in [0.1, 0.15) is 33.6 Å². The summed E-state index contributed by atoms with van der Waals surface area (Å²) >= 11 is 1.45. The molecule has 0 saturated carbocycles. The number of aliphatic hydroxyl groups is 2. The van der Waals surface area contributed by atoms with Crippen molar-refractivity contribution < 1.29 is 34.1 Å². The molecule has 0 spiro atoms. The summed E-state index contributed by atoms with van der Waals surface area (Å²) in [5.41, 5.74) is 0. The van der Waals surface area contributed by atoms with E-state index in [4.69, 9.17) is 14.6 Å². The van der Waals surface area contributed by atoms with Crippen molar-refractivity contribution in [3.63, 3.8) is 0 Å². The molecule has 0 rings (SSSR count). The molecule has 0 aliphatic rings. The molecule has 152 valence electrons. The number of carbonyl (C=O) groups is 3. The summed E-state index contributed by atoms with van der Waals surface area (Å²) < 4.78 is 9.86. The van der Waals surface area contributed by atoms with Gasteiger partial charge < -0.3 is 25.0 Å². The van der Waals surface area contributed by atoms with Gasteiger partial charge in [-0.3, -0.25) is 14.4 Å². The summed E-state index contributed by atoms with van der Waals surface area (Å²) in [6.07, 6.45) is -0.229. The third-order valence-electron chi connectivity index (χ3n) is 3.55. The van der Waals surface area contributed by atoms with E-state index in [1.807, 2.05) is 6.92 Å². The van der Waals surface area contributed by atoms with E-state index in [-0.39, 0.29) is 56.5 Å². The Hall–Kier alpha value is -1.32. The van der Waals surface area contributed by atoms with Crippen LogP contribution in [0.2, 0.25) is 0 Å². The number of esters is 2. The van der Waals surface area contributed by atoms with Crippen LogP contribution in [0.15, 0.2) is 0 Å². The van der Waals surface area contributed by atoms with Crippen LogP contribution in [0, 0.1) is 11.8 Å². The molecular formula is C17H31NO7S. The topological polar surface area (TPSA) is 122 Å². The lowest BCUT2D eigenvalue weighted by Gasteiger charge is -2.14. The minimum absolute atomic E-state index is 0.0971. The fourth-order valence-electron chi connectivity index (χ4n) is 1.64. The number of nitrogens with one attached hydrogen (secondary N) is 1. The Morgan fingerprint density at radius 2 is 1.77 bits per heavy atom. The summed E-state index contributed by atoms with van der Waals surface area (Å²) in [5.74, 6) is -0.369. The number of rotatable bonds is 14. The summed E-state index contributed by atoms with van der Waals surface area (Å²) in [5, 5.41) is 20.9. The lowest BCUT2D eigenvalue weighted by molar-refractivity contribution is -0.154. The maximum absolute atomic E-state index is 11.6. The van der Waals surface area contributed by atoms with Gasteiger partial charge >= 0.3 is 11.9 Å². The molecule has 8 nitrogen and oxygen atoms in total. The summed E-state index contributed by atoms with van der Waals surface area (Å²) in [6, 6.07) is 0. The largest absolute Gasteiger partial charge is 0.463 e.